The summed E-state index contributed by atoms with van der Waals surface area (Å²) < 4.78 is 12.0. The summed E-state index contributed by atoms with van der Waals surface area (Å²) in [6, 6.07) is 24.5. The Bertz CT molecular complexity index is 1010. The van der Waals surface area contributed by atoms with Gasteiger partial charge in [0.05, 0.1) is 0 Å². The van der Waals surface area contributed by atoms with E-state index in [-0.39, 0.29) is 6.10 Å². The smallest absolute Gasteiger partial charge is 0.127 e. The molecular weight excluding hydrogens is 344 g/mol. The van der Waals surface area contributed by atoms with Gasteiger partial charge < -0.3 is 9.47 Å². The fourth-order valence-electron chi connectivity index (χ4n) is 3.30. The van der Waals surface area contributed by atoms with E-state index < -0.39 is 0 Å². The third-order valence-electron chi connectivity index (χ3n) is 4.75. The van der Waals surface area contributed by atoms with Crippen LogP contribution in [0.25, 0.3) is 5.57 Å². The molecule has 1 unspecified atom stereocenters. The lowest BCUT2D eigenvalue weighted by atomic mass is 9.98. The van der Waals surface area contributed by atoms with E-state index in [2.05, 4.69) is 62.4 Å². The van der Waals surface area contributed by atoms with Gasteiger partial charge in [-0.15, -0.1) is 0 Å². The highest BCUT2D eigenvalue weighted by Crippen LogP contribution is 2.28. The molecular formula is C26H24O2. The normalized spacial score (nSPS) is 15.8. The fraction of sp³-hybridized carbons (Fsp3) is 0.154. The van der Waals surface area contributed by atoms with E-state index in [9.17, 15) is 0 Å². The summed E-state index contributed by atoms with van der Waals surface area (Å²) in [4.78, 5) is 0. The minimum Gasteiger partial charge on any atom is -0.486 e. The maximum Gasteiger partial charge on any atom is 0.127 e. The molecule has 0 saturated heterocycles. The van der Waals surface area contributed by atoms with Crippen molar-refractivity contribution in [2.45, 2.75) is 26.4 Å². The zero-order valence-electron chi connectivity index (χ0n) is 16.3. The van der Waals surface area contributed by atoms with Crippen molar-refractivity contribution in [1.82, 2.24) is 0 Å². The van der Waals surface area contributed by atoms with Crippen molar-refractivity contribution in [1.29, 1.82) is 0 Å². The summed E-state index contributed by atoms with van der Waals surface area (Å²) in [5.41, 5.74) is 4.79. The second-order valence-electron chi connectivity index (χ2n) is 7.17. The molecule has 1 aliphatic carbocycles. The minimum atomic E-state index is 0.0782. The first-order chi connectivity index (χ1) is 13.7. The first-order valence-corrected chi connectivity index (χ1v) is 9.62. The molecule has 28 heavy (non-hydrogen) atoms. The molecule has 4 rings (SSSR count). The van der Waals surface area contributed by atoms with Crippen molar-refractivity contribution in [2.24, 2.45) is 0 Å². The van der Waals surface area contributed by atoms with Crippen molar-refractivity contribution < 1.29 is 9.47 Å². The SMILES string of the molecule is Cc1cccc(Oc2ccc(C3=CCC(Oc4cccc(C)c4)C=C3)cc2)c1. The molecule has 0 amide bonds. The van der Waals surface area contributed by atoms with Gasteiger partial charge in [-0.05, 0) is 78.6 Å². The van der Waals surface area contributed by atoms with Crippen LogP contribution in [0.1, 0.15) is 23.1 Å². The highest BCUT2D eigenvalue weighted by molar-refractivity contribution is 5.75. The average molecular weight is 368 g/mol. The molecule has 0 saturated carbocycles. The van der Waals surface area contributed by atoms with Gasteiger partial charge in [0.25, 0.3) is 0 Å². The lowest BCUT2D eigenvalue weighted by molar-refractivity contribution is 0.252. The number of rotatable bonds is 5. The van der Waals surface area contributed by atoms with Crippen LogP contribution in [0.3, 0.4) is 0 Å². The van der Waals surface area contributed by atoms with Gasteiger partial charge in [-0.1, -0.05) is 48.6 Å². The van der Waals surface area contributed by atoms with Gasteiger partial charge in [0, 0.05) is 6.42 Å². The molecule has 0 fully saturated rings. The molecule has 0 radical (unpaired) electrons. The maximum absolute atomic E-state index is 6.06. The van der Waals surface area contributed by atoms with Gasteiger partial charge in [0.2, 0.25) is 0 Å². The largest absolute Gasteiger partial charge is 0.486 e. The first-order valence-electron chi connectivity index (χ1n) is 9.62. The van der Waals surface area contributed by atoms with Crippen molar-refractivity contribution in [3.8, 4) is 17.2 Å². The predicted molar refractivity (Wildman–Crippen MR) is 115 cm³/mol. The Hall–Kier alpha value is -3.26. The van der Waals surface area contributed by atoms with Crippen LogP contribution in [-0.2, 0) is 0 Å². The lowest BCUT2D eigenvalue weighted by Crippen LogP contribution is -2.14. The molecule has 0 N–H and O–H groups in total. The lowest BCUT2D eigenvalue weighted by Gasteiger charge is -2.19. The van der Waals surface area contributed by atoms with E-state index in [1.807, 2.05) is 42.5 Å². The maximum atomic E-state index is 6.06. The average Bonchev–Trinajstić information content (AvgIpc) is 2.69. The monoisotopic (exact) mass is 368 g/mol. The van der Waals surface area contributed by atoms with Crippen molar-refractivity contribution in [2.75, 3.05) is 0 Å². The van der Waals surface area contributed by atoms with Crippen LogP contribution >= 0.6 is 0 Å². The number of ether oxygens (including phenoxy) is 2. The third kappa shape index (κ3) is 4.52. The second-order valence-corrected chi connectivity index (χ2v) is 7.17. The van der Waals surface area contributed by atoms with Gasteiger partial charge in [-0.3, -0.25) is 0 Å². The van der Waals surface area contributed by atoms with Gasteiger partial charge in [0.1, 0.15) is 23.4 Å². The fourth-order valence-corrected chi connectivity index (χ4v) is 3.30. The summed E-state index contributed by atoms with van der Waals surface area (Å²) in [5, 5.41) is 0. The molecule has 0 spiro atoms. The van der Waals surface area contributed by atoms with Crippen LogP contribution < -0.4 is 9.47 Å². The van der Waals surface area contributed by atoms with Crippen LogP contribution in [0.2, 0.25) is 0 Å². The Labute approximate surface area is 166 Å². The summed E-state index contributed by atoms with van der Waals surface area (Å²) in [6.07, 6.45) is 7.45. The number of benzene rings is 3. The Balaban J connectivity index is 1.38. The summed E-state index contributed by atoms with van der Waals surface area (Å²) >= 11 is 0. The van der Waals surface area contributed by atoms with Gasteiger partial charge in [-0.25, -0.2) is 0 Å². The second kappa shape index (κ2) is 8.18. The molecule has 1 aliphatic rings. The number of hydrogen-bond donors (Lipinski definition) is 0. The van der Waals surface area contributed by atoms with Crippen LogP contribution in [-0.4, -0.2) is 6.10 Å². The number of aryl methyl sites for hydroxylation is 2. The van der Waals surface area contributed by atoms with Crippen LogP contribution in [0.5, 0.6) is 17.2 Å². The number of hydrogen-bond acceptors (Lipinski definition) is 2. The molecule has 3 aromatic rings. The van der Waals surface area contributed by atoms with E-state index >= 15 is 0 Å². The molecule has 0 bridgehead atoms. The molecule has 2 nitrogen and oxygen atoms in total. The molecule has 0 heterocycles. The van der Waals surface area contributed by atoms with Crippen LogP contribution in [0.15, 0.2) is 91.0 Å². The van der Waals surface area contributed by atoms with E-state index in [0.29, 0.717) is 0 Å². The van der Waals surface area contributed by atoms with E-state index in [4.69, 9.17) is 9.47 Å². The highest BCUT2D eigenvalue weighted by atomic mass is 16.5. The first kappa shape index (κ1) is 18.1. The Morgan fingerprint density at radius 3 is 2.07 bits per heavy atom. The standard InChI is InChI=1S/C26H24O2/c1-19-5-3-7-25(17-19)27-23-13-9-21(10-14-23)22-11-15-24(16-12-22)28-26-8-4-6-20(2)18-26/h3-15,17-18,24H,16H2,1-2H3. The van der Waals surface area contributed by atoms with Gasteiger partial charge >= 0.3 is 0 Å². The Morgan fingerprint density at radius 2 is 1.43 bits per heavy atom. The van der Waals surface area contributed by atoms with Gasteiger partial charge in [-0.2, -0.15) is 0 Å². The van der Waals surface area contributed by atoms with Gasteiger partial charge in [0.15, 0.2) is 0 Å². The molecule has 0 aliphatic heterocycles. The summed E-state index contributed by atoms with van der Waals surface area (Å²) in [6.45, 7) is 4.14. The molecule has 3 aromatic carbocycles. The quantitative estimate of drug-likeness (QED) is 0.488. The van der Waals surface area contributed by atoms with Crippen molar-refractivity contribution in [3.05, 3.63) is 108 Å². The summed E-state index contributed by atoms with van der Waals surface area (Å²) in [5.74, 6) is 2.63. The molecule has 2 heteroatoms. The Kier molecular flexibility index (Phi) is 5.29. The van der Waals surface area contributed by atoms with E-state index in [1.165, 1.54) is 22.3 Å². The third-order valence-corrected chi connectivity index (χ3v) is 4.75. The zero-order chi connectivity index (χ0) is 19.3. The molecule has 140 valence electrons. The summed E-state index contributed by atoms with van der Waals surface area (Å²) in [7, 11) is 0. The topological polar surface area (TPSA) is 18.5 Å². The Morgan fingerprint density at radius 1 is 0.750 bits per heavy atom. The number of allylic oxidation sites excluding steroid dienone is 2. The molecule has 0 aromatic heterocycles. The van der Waals surface area contributed by atoms with E-state index in [1.54, 1.807) is 0 Å². The van der Waals surface area contributed by atoms with Crippen LogP contribution in [0.4, 0.5) is 0 Å². The van der Waals surface area contributed by atoms with E-state index in [0.717, 1.165) is 23.7 Å². The van der Waals surface area contributed by atoms with Crippen molar-refractivity contribution in [3.63, 3.8) is 0 Å². The zero-order valence-corrected chi connectivity index (χ0v) is 16.3. The highest BCUT2D eigenvalue weighted by Gasteiger charge is 2.12. The predicted octanol–water partition coefficient (Wildman–Crippen LogP) is 6.89. The minimum absolute atomic E-state index is 0.0782. The van der Waals surface area contributed by atoms with Crippen molar-refractivity contribution >= 4 is 5.57 Å². The molecule has 1 atom stereocenters. The van der Waals surface area contributed by atoms with Crippen LogP contribution in [0, 0.1) is 13.8 Å².